The van der Waals surface area contributed by atoms with Crippen LogP contribution in [0.5, 0.6) is 0 Å². The normalized spacial score (nSPS) is 13.0. The molecule has 1 rings (SSSR count). The number of anilines is 1. The van der Waals surface area contributed by atoms with Crippen LogP contribution < -0.4 is 5.32 Å². The van der Waals surface area contributed by atoms with Crippen molar-refractivity contribution in [2.45, 2.75) is 0 Å². The zero-order valence-electron chi connectivity index (χ0n) is 9.33. The highest BCUT2D eigenvalue weighted by Gasteiger charge is 2.22. The maximum atomic E-state index is 11.1. The van der Waals surface area contributed by atoms with Gasteiger partial charge in [-0.15, -0.1) is 0 Å². The number of hydrogen-bond acceptors (Lipinski definition) is 5. The van der Waals surface area contributed by atoms with E-state index in [0.717, 1.165) is 6.26 Å². The van der Waals surface area contributed by atoms with Gasteiger partial charge in [0.15, 0.2) is 0 Å². The summed E-state index contributed by atoms with van der Waals surface area (Å²) >= 11 is 0. The Kier molecular flexibility index (Phi) is 4.45. The van der Waals surface area contributed by atoms with Gasteiger partial charge in [-0.2, -0.15) is 0 Å². The van der Waals surface area contributed by atoms with Gasteiger partial charge in [0.1, 0.15) is 9.84 Å². The van der Waals surface area contributed by atoms with Crippen molar-refractivity contribution in [1.29, 1.82) is 0 Å². The fourth-order valence-corrected chi connectivity index (χ4v) is 2.28. The minimum Gasteiger partial charge on any atom is -0.481 e. The summed E-state index contributed by atoms with van der Waals surface area (Å²) in [6.45, 7) is 0.0497. The first-order valence-electron chi connectivity index (χ1n) is 4.93. The van der Waals surface area contributed by atoms with Crippen LogP contribution in [-0.2, 0) is 14.6 Å². The van der Waals surface area contributed by atoms with E-state index in [1.165, 1.54) is 0 Å². The van der Waals surface area contributed by atoms with Gasteiger partial charge in [0.05, 0.1) is 17.4 Å². The minimum atomic E-state index is -3.31. The number of aromatic nitrogens is 1. The van der Waals surface area contributed by atoms with Crippen molar-refractivity contribution in [3.63, 3.8) is 0 Å². The number of pyridine rings is 1. The van der Waals surface area contributed by atoms with Crippen molar-refractivity contribution in [3.8, 4) is 0 Å². The molecule has 2 N–H and O–H groups in total. The van der Waals surface area contributed by atoms with E-state index in [0.29, 0.717) is 5.69 Å². The van der Waals surface area contributed by atoms with Crippen LogP contribution in [0.2, 0.25) is 0 Å². The van der Waals surface area contributed by atoms with Crippen molar-refractivity contribution in [2.24, 2.45) is 5.92 Å². The standard InChI is InChI=1S/C10H14N2O4S/c1-17(15,16)7-8(10(13)14)5-12-9-3-2-4-11-6-9/h2-4,6,8,12H,5,7H2,1H3,(H,13,14). The summed E-state index contributed by atoms with van der Waals surface area (Å²) < 4.78 is 22.1. The molecule has 1 aromatic rings. The number of rotatable bonds is 6. The molecule has 0 fully saturated rings. The minimum absolute atomic E-state index is 0.0497. The molecule has 1 atom stereocenters. The molecule has 6 nitrogen and oxygen atoms in total. The Bertz CT molecular complexity index is 472. The number of nitrogens with one attached hydrogen (secondary N) is 1. The van der Waals surface area contributed by atoms with E-state index in [9.17, 15) is 13.2 Å². The number of aliphatic carboxylic acids is 1. The summed E-state index contributed by atoms with van der Waals surface area (Å²) in [4.78, 5) is 14.7. The molecular weight excluding hydrogens is 244 g/mol. The second-order valence-electron chi connectivity index (χ2n) is 3.75. The van der Waals surface area contributed by atoms with Crippen LogP contribution in [0.1, 0.15) is 0 Å². The van der Waals surface area contributed by atoms with Gasteiger partial charge in [-0.05, 0) is 12.1 Å². The number of carboxylic acids is 1. The third kappa shape index (κ3) is 5.30. The van der Waals surface area contributed by atoms with Gasteiger partial charge in [0.2, 0.25) is 0 Å². The van der Waals surface area contributed by atoms with Crippen molar-refractivity contribution < 1.29 is 18.3 Å². The topological polar surface area (TPSA) is 96.4 Å². The maximum Gasteiger partial charge on any atom is 0.309 e. The van der Waals surface area contributed by atoms with Gasteiger partial charge < -0.3 is 10.4 Å². The zero-order valence-corrected chi connectivity index (χ0v) is 10.1. The van der Waals surface area contributed by atoms with Crippen molar-refractivity contribution in [2.75, 3.05) is 23.9 Å². The molecule has 1 aromatic heterocycles. The lowest BCUT2D eigenvalue weighted by molar-refractivity contribution is -0.140. The predicted octanol–water partition coefficient (Wildman–Crippen LogP) is 0.239. The molecule has 0 aromatic carbocycles. The first kappa shape index (κ1) is 13.4. The highest BCUT2D eigenvalue weighted by atomic mass is 32.2. The Balaban J connectivity index is 2.60. The molecule has 0 amide bonds. The Hall–Kier alpha value is -1.63. The number of carbonyl (C=O) groups is 1. The lowest BCUT2D eigenvalue weighted by atomic mass is 10.2. The average molecular weight is 258 g/mol. The lowest BCUT2D eigenvalue weighted by Crippen LogP contribution is -2.29. The molecule has 17 heavy (non-hydrogen) atoms. The molecular formula is C10H14N2O4S. The third-order valence-corrected chi connectivity index (χ3v) is 3.08. The molecule has 0 aliphatic carbocycles. The highest BCUT2D eigenvalue weighted by molar-refractivity contribution is 7.90. The first-order valence-corrected chi connectivity index (χ1v) is 6.99. The van der Waals surface area contributed by atoms with Gasteiger partial charge in [-0.25, -0.2) is 8.42 Å². The van der Waals surface area contributed by atoms with Gasteiger partial charge in [0.25, 0.3) is 0 Å². The van der Waals surface area contributed by atoms with Crippen LogP contribution in [-0.4, -0.2) is 43.0 Å². The summed E-state index contributed by atoms with van der Waals surface area (Å²) in [6.07, 6.45) is 4.16. The molecule has 0 saturated carbocycles. The number of carboxylic acid groups (broad SMARTS) is 1. The number of hydrogen-bond donors (Lipinski definition) is 2. The second-order valence-corrected chi connectivity index (χ2v) is 5.94. The highest BCUT2D eigenvalue weighted by Crippen LogP contribution is 2.07. The fourth-order valence-electron chi connectivity index (χ4n) is 1.29. The van der Waals surface area contributed by atoms with Gasteiger partial charge >= 0.3 is 5.97 Å². The van der Waals surface area contributed by atoms with Crippen molar-refractivity contribution in [1.82, 2.24) is 4.98 Å². The van der Waals surface area contributed by atoms with Crippen LogP contribution in [0.15, 0.2) is 24.5 Å². The van der Waals surface area contributed by atoms with Gasteiger partial charge in [-0.3, -0.25) is 9.78 Å². The number of sulfone groups is 1. The average Bonchev–Trinajstić information content (AvgIpc) is 2.24. The molecule has 0 saturated heterocycles. The van der Waals surface area contributed by atoms with Crippen LogP contribution in [0.3, 0.4) is 0 Å². The van der Waals surface area contributed by atoms with Crippen LogP contribution in [0.4, 0.5) is 5.69 Å². The summed E-state index contributed by atoms with van der Waals surface area (Å²) in [5.41, 5.74) is 0.659. The molecule has 0 bridgehead atoms. The Morgan fingerprint density at radius 1 is 1.59 bits per heavy atom. The summed E-state index contributed by atoms with van der Waals surface area (Å²) in [5, 5.41) is 11.7. The van der Waals surface area contributed by atoms with Crippen LogP contribution >= 0.6 is 0 Å². The van der Waals surface area contributed by atoms with E-state index in [-0.39, 0.29) is 12.3 Å². The van der Waals surface area contributed by atoms with E-state index in [1.54, 1.807) is 24.5 Å². The third-order valence-electron chi connectivity index (χ3n) is 2.07. The van der Waals surface area contributed by atoms with E-state index in [4.69, 9.17) is 5.11 Å². The van der Waals surface area contributed by atoms with E-state index in [2.05, 4.69) is 10.3 Å². The quantitative estimate of drug-likeness (QED) is 0.758. The van der Waals surface area contributed by atoms with Crippen LogP contribution in [0.25, 0.3) is 0 Å². The number of nitrogens with zero attached hydrogens (tertiary/aromatic N) is 1. The predicted molar refractivity (Wildman–Crippen MR) is 63.6 cm³/mol. The largest absolute Gasteiger partial charge is 0.481 e. The molecule has 0 aliphatic heterocycles. The zero-order chi connectivity index (χ0) is 12.9. The lowest BCUT2D eigenvalue weighted by Gasteiger charge is -2.12. The monoisotopic (exact) mass is 258 g/mol. The maximum absolute atomic E-state index is 11.1. The molecule has 1 unspecified atom stereocenters. The van der Waals surface area contributed by atoms with Gasteiger partial charge in [-0.1, -0.05) is 0 Å². The van der Waals surface area contributed by atoms with E-state index < -0.39 is 21.7 Å². The van der Waals surface area contributed by atoms with Gasteiger partial charge in [0, 0.05) is 25.2 Å². The molecule has 7 heteroatoms. The van der Waals surface area contributed by atoms with E-state index in [1.807, 2.05) is 0 Å². The molecule has 0 aliphatic rings. The molecule has 0 spiro atoms. The molecule has 1 heterocycles. The Morgan fingerprint density at radius 2 is 2.29 bits per heavy atom. The fraction of sp³-hybridized carbons (Fsp3) is 0.400. The smallest absolute Gasteiger partial charge is 0.309 e. The van der Waals surface area contributed by atoms with Crippen LogP contribution in [0, 0.1) is 5.92 Å². The van der Waals surface area contributed by atoms with Crippen molar-refractivity contribution in [3.05, 3.63) is 24.5 Å². The summed E-state index contributed by atoms with van der Waals surface area (Å²) in [5.74, 6) is -2.48. The van der Waals surface area contributed by atoms with E-state index >= 15 is 0 Å². The Morgan fingerprint density at radius 3 is 2.76 bits per heavy atom. The summed E-state index contributed by atoms with van der Waals surface area (Å²) in [6, 6.07) is 3.43. The SMILES string of the molecule is CS(=O)(=O)CC(CNc1cccnc1)C(=O)O. The Labute approximate surface area is 99.6 Å². The molecule has 94 valence electrons. The second kappa shape index (κ2) is 5.62. The summed E-state index contributed by atoms with van der Waals surface area (Å²) in [7, 11) is -3.31. The van der Waals surface area contributed by atoms with Crippen molar-refractivity contribution >= 4 is 21.5 Å². The molecule has 0 radical (unpaired) electrons. The first-order chi connectivity index (χ1) is 7.88.